The number of rotatable bonds is 3. The van der Waals surface area contributed by atoms with Gasteiger partial charge in [-0.2, -0.15) is 10.1 Å². The summed E-state index contributed by atoms with van der Waals surface area (Å²) in [4.78, 5) is 30.4. The van der Waals surface area contributed by atoms with E-state index in [9.17, 15) is 9.59 Å². The van der Waals surface area contributed by atoms with Gasteiger partial charge in [0.1, 0.15) is 12.4 Å². The second-order valence-corrected chi connectivity index (χ2v) is 3.76. The number of carbonyl (C=O) groups is 2. The van der Waals surface area contributed by atoms with Crippen LogP contribution in [0.4, 0.5) is 0 Å². The summed E-state index contributed by atoms with van der Waals surface area (Å²) >= 11 is 0. The number of aromatic nitrogens is 4. The number of hydrogen-bond acceptors (Lipinski definition) is 5. The fourth-order valence-electron chi connectivity index (χ4n) is 1.45. The van der Waals surface area contributed by atoms with Gasteiger partial charge in [0.2, 0.25) is 0 Å². The van der Waals surface area contributed by atoms with Gasteiger partial charge in [-0.05, 0) is 13.8 Å². The summed E-state index contributed by atoms with van der Waals surface area (Å²) < 4.78 is 1.42. The number of amides is 1. The third-order valence-corrected chi connectivity index (χ3v) is 2.51. The maximum Gasteiger partial charge on any atom is 0.325 e. The van der Waals surface area contributed by atoms with Crippen LogP contribution in [0.25, 0.3) is 5.78 Å². The summed E-state index contributed by atoms with van der Waals surface area (Å²) in [6.07, 6.45) is 2.68. The van der Waals surface area contributed by atoms with Crippen molar-refractivity contribution in [3.05, 3.63) is 23.8 Å². The molecule has 8 nitrogen and oxygen atoms in total. The van der Waals surface area contributed by atoms with Crippen LogP contribution in [0.3, 0.4) is 0 Å². The van der Waals surface area contributed by atoms with Gasteiger partial charge in [-0.1, -0.05) is 0 Å². The second-order valence-electron chi connectivity index (χ2n) is 3.76. The Morgan fingerprint density at radius 2 is 2.17 bits per heavy atom. The van der Waals surface area contributed by atoms with Gasteiger partial charge < -0.3 is 10.4 Å². The molecule has 1 unspecified atom stereocenters. The van der Waals surface area contributed by atoms with Crippen LogP contribution in [0.1, 0.15) is 23.0 Å². The van der Waals surface area contributed by atoms with E-state index in [1.807, 2.05) is 0 Å². The molecule has 0 saturated carbocycles. The third-order valence-electron chi connectivity index (χ3n) is 2.51. The molecule has 94 valence electrons. The number of aliphatic carboxylic acids is 1. The first-order valence-electron chi connectivity index (χ1n) is 5.19. The number of carboxylic acid groups (broad SMARTS) is 1. The Hall–Kier alpha value is -2.51. The van der Waals surface area contributed by atoms with Gasteiger partial charge in [0.25, 0.3) is 11.7 Å². The van der Waals surface area contributed by atoms with E-state index in [1.54, 1.807) is 6.92 Å². The van der Waals surface area contributed by atoms with Crippen LogP contribution >= 0.6 is 0 Å². The van der Waals surface area contributed by atoms with E-state index in [4.69, 9.17) is 5.11 Å². The molecule has 0 aliphatic rings. The lowest BCUT2D eigenvalue weighted by Crippen LogP contribution is -2.38. The fraction of sp³-hybridized carbons (Fsp3) is 0.300. The van der Waals surface area contributed by atoms with Gasteiger partial charge in [0.05, 0.1) is 11.3 Å². The fourth-order valence-corrected chi connectivity index (χ4v) is 1.45. The topological polar surface area (TPSA) is 109 Å². The van der Waals surface area contributed by atoms with Crippen LogP contribution < -0.4 is 5.32 Å². The van der Waals surface area contributed by atoms with Crippen LogP contribution in [0, 0.1) is 6.92 Å². The van der Waals surface area contributed by atoms with Crippen molar-refractivity contribution in [1.82, 2.24) is 24.9 Å². The second kappa shape index (κ2) is 4.40. The average molecular weight is 249 g/mol. The summed E-state index contributed by atoms with van der Waals surface area (Å²) in [6, 6.07) is -0.969. The monoisotopic (exact) mass is 249 g/mol. The minimum absolute atomic E-state index is 0.265. The first-order chi connectivity index (χ1) is 8.50. The molecule has 8 heteroatoms. The zero-order valence-electron chi connectivity index (χ0n) is 9.78. The smallest absolute Gasteiger partial charge is 0.325 e. The maximum absolute atomic E-state index is 11.9. The maximum atomic E-state index is 11.9. The number of nitrogens with zero attached hydrogens (tertiary/aromatic N) is 4. The quantitative estimate of drug-likeness (QED) is 0.768. The number of nitrogens with one attached hydrogen (secondary N) is 1. The predicted molar refractivity (Wildman–Crippen MR) is 60.1 cm³/mol. The lowest BCUT2D eigenvalue weighted by atomic mass is 10.2. The molecule has 0 saturated heterocycles. The number of aryl methyl sites for hydroxylation is 1. The van der Waals surface area contributed by atoms with Gasteiger partial charge in [-0.25, -0.2) is 9.50 Å². The molecule has 0 spiro atoms. The summed E-state index contributed by atoms with van der Waals surface area (Å²) in [6.45, 7) is 3.07. The molecule has 2 N–H and O–H groups in total. The predicted octanol–water partition coefficient (Wildman–Crippen LogP) is -0.364. The zero-order valence-corrected chi connectivity index (χ0v) is 9.78. The number of carboxylic acids is 1. The summed E-state index contributed by atoms with van der Waals surface area (Å²) in [5.74, 6) is -1.22. The Labute approximate surface area is 102 Å². The normalized spacial score (nSPS) is 12.3. The highest BCUT2D eigenvalue weighted by atomic mass is 16.4. The molecule has 0 fully saturated rings. The van der Waals surface area contributed by atoms with Gasteiger partial charge in [-0.15, -0.1) is 0 Å². The van der Waals surface area contributed by atoms with Gasteiger partial charge >= 0.3 is 5.97 Å². The van der Waals surface area contributed by atoms with Gasteiger partial charge in [-0.3, -0.25) is 9.59 Å². The van der Waals surface area contributed by atoms with Crippen molar-refractivity contribution in [2.24, 2.45) is 0 Å². The van der Waals surface area contributed by atoms with E-state index in [2.05, 4.69) is 20.4 Å². The molecular formula is C10H11N5O3. The molecule has 0 bridgehead atoms. The minimum Gasteiger partial charge on any atom is -0.480 e. The molecule has 0 aromatic carbocycles. The SMILES string of the molecule is Cc1c(C(=O)NC(C)C(=O)O)cnc2ncnn12. The highest BCUT2D eigenvalue weighted by Gasteiger charge is 2.18. The molecule has 2 heterocycles. The highest BCUT2D eigenvalue weighted by Crippen LogP contribution is 2.07. The van der Waals surface area contributed by atoms with E-state index >= 15 is 0 Å². The summed E-state index contributed by atoms with van der Waals surface area (Å²) in [7, 11) is 0. The molecule has 0 aliphatic heterocycles. The molecule has 2 aromatic heterocycles. The lowest BCUT2D eigenvalue weighted by Gasteiger charge is -2.10. The standard InChI is InChI=1S/C10H11N5O3/c1-5(9(17)18)14-8(16)7-3-11-10-12-4-13-15(10)6(7)2/h3-5H,1-2H3,(H,14,16)(H,17,18). The first-order valence-corrected chi connectivity index (χ1v) is 5.19. The van der Waals surface area contributed by atoms with Crippen molar-refractivity contribution in [2.75, 3.05) is 0 Å². The van der Waals surface area contributed by atoms with Crippen LogP contribution in [0.5, 0.6) is 0 Å². The molecule has 1 atom stereocenters. The zero-order chi connectivity index (χ0) is 13.3. The van der Waals surface area contributed by atoms with E-state index < -0.39 is 17.9 Å². The number of hydrogen-bond donors (Lipinski definition) is 2. The Bertz CT molecular complexity index is 621. The average Bonchev–Trinajstić information content (AvgIpc) is 2.78. The van der Waals surface area contributed by atoms with Gasteiger partial charge in [0.15, 0.2) is 0 Å². The van der Waals surface area contributed by atoms with Crippen molar-refractivity contribution >= 4 is 17.7 Å². The Balaban J connectivity index is 2.33. The van der Waals surface area contributed by atoms with Crippen molar-refractivity contribution in [3.63, 3.8) is 0 Å². The van der Waals surface area contributed by atoms with Crippen molar-refractivity contribution in [3.8, 4) is 0 Å². The first kappa shape index (κ1) is 12.0. The Morgan fingerprint density at radius 1 is 1.44 bits per heavy atom. The third kappa shape index (κ3) is 1.99. The van der Waals surface area contributed by atoms with Crippen LogP contribution in [-0.2, 0) is 4.79 Å². The van der Waals surface area contributed by atoms with E-state index in [0.717, 1.165) is 0 Å². The molecule has 0 radical (unpaired) electrons. The van der Waals surface area contributed by atoms with E-state index in [1.165, 1.54) is 24.0 Å². The number of fused-ring (bicyclic) bond motifs is 1. The molecular weight excluding hydrogens is 238 g/mol. The van der Waals surface area contributed by atoms with Crippen molar-refractivity contribution in [1.29, 1.82) is 0 Å². The molecule has 2 aromatic rings. The van der Waals surface area contributed by atoms with Crippen molar-refractivity contribution < 1.29 is 14.7 Å². The largest absolute Gasteiger partial charge is 0.480 e. The highest BCUT2D eigenvalue weighted by molar-refractivity contribution is 5.97. The number of carbonyl (C=O) groups excluding carboxylic acids is 1. The summed E-state index contributed by atoms with van der Waals surface area (Å²) in [5, 5.41) is 15.0. The van der Waals surface area contributed by atoms with Crippen LogP contribution in [0.2, 0.25) is 0 Å². The van der Waals surface area contributed by atoms with Crippen LogP contribution in [-0.4, -0.2) is 42.6 Å². The molecule has 0 aliphatic carbocycles. The Morgan fingerprint density at radius 3 is 2.83 bits per heavy atom. The van der Waals surface area contributed by atoms with Crippen LogP contribution in [0.15, 0.2) is 12.5 Å². The minimum atomic E-state index is -1.10. The molecule has 18 heavy (non-hydrogen) atoms. The Kier molecular flexibility index (Phi) is 2.92. The molecule has 2 rings (SSSR count). The molecule has 1 amide bonds. The van der Waals surface area contributed by atoms with E-state index in [-0.39, 0.29) is 5.56 Å². The summed E-state index contributed by atoms with van der Waals surface area (Å²) in [5.41, 5.74) is 0.814. The van der Waals surface area contributed by atoms with E-state index in [0.29, 0.717) is 11.5 Å². The van der Waals surface area contributed by atoms with Gasteiger partial charge in [0, 0.05) is 6.20 Å². The van der Waals surface area contributed by atoms with Crippen molar-refractivity contribution in [2.45, 2.75) is 19.9 Å². The lowest BCUT2D eigenvalue weighted by molar-refractivity contribution is -0.138.